The number of aliphatic hydroxyl groups excluding tert-OH is 1. The van der Waals surface area contributed by atoms with E-state index in [4.69, 9.17) is 10.2 Å². The topological polar surface area (TPSA) is 83.8 Å². The summed E-state index contributed by atoms with van der Waals surface area (Å²) in [6.45, 7) is 2.78. The molecule has 0 radical (unpaired) electrons. The van der Waals surface area contributed by atoms with Crippen LogP contribution in [0.15, 0.2) is 12.2 Å². The van der Waals surface area contributed by atoms with Crippen LogP contribution in [0.1, 0.15) is 6.42 Å². The van der Waals surface area contributed by atoms with Crippen molar-refractivity contribution in [3.63, 3.8) is 0 Å². The number of hydrogen-bond acceptors (Lipinski definition) is 4. The van der Waals surface area contributed by atoms with E-state index in [9.17, 15) is 9.59 Å². The van der Waals surface area contributed by atoms with Gasteiger partial charge in [0.15, 0.2) is 0 Å². The molecule has 0 aromatic rings. The van der Waals surface area contributed by atoms with Crippen LogP contribution >= 0.6 is 0 Å². The van der Waals surface area contributed by atoms with E-state index in [2.05, 4.69) is 11.3 Å². The van der Waals surface area contributed by atoms with E-state index in [0.717, 1.165) is 0 Å². The van der Waals surface area contributed by atoms with Crippen LogP contribution in [-0.2, 0) is 14.3 Å². The van der Waals surface area contributed by atoms with Gasteiger partial charge in [-0.2, -0.15) is 0 Å². The summed E-state index contributed by atoms with van der Waals surface area (Å²) in [6.07, 6.45) is -0.440. The van der Waals surface area contributed by atoms with Crippen molar-refractivity contribution in [2.75, 3.05) is 13.2 Å². The fraction of sp³-hybridized carbons (Fsp3) is 0.429. The molecule has 0 heterocycles. The number of hydrogen-bond donors (Lipinski definition) is 2. The summed E-state index contributed by atoms with van der Waals surface area (Å²) >= 11 is 0. The number of carboxylic acid groups (broad SMARTS) is 1. The smallest absolute Gasteiger partial charge is 0.334 e. The van der Waals surface area contributed by atoms with Crippen molar-refractivity contribution in [1.82, 2.24) is 0 Å². The lowest BCUT2D eigenvalue weighted by atomic mass is 10.2. The van der Waals surface area contributed by atoms with Crippen LogP contribution in [0.3, 0.4) is 0 Å². The Balaban J connectivity index is 3.77. The number of aliphatic carboxylic acids is 1. The molecule has 0 atom stereocenters. The van der Waals surface area contributed by atoms with E-state index in [1.807, 2.05) is 0 Å². The maximum absolute atomic E-state index is 10.7. The van der Waals surface area contributed by atoms with E-state index in [1.54, 1.807) is 0 Å². The molecule has 0 saturated carbocycles. The minimum Gasteiger partial charge on any atom is -0.481 e. The number of ether oxygens (including phenoxy) is 1. The summed E-state index contributed by atoms with van der Waals surface area (Å²) in [6, 6.07) is 0. The molecule has 5 nitrogen and oxygen atoms in total. The van der Waals surface area contributed by atoms with Crippen molar-refractivity contribution in [2.45, 2.75) is 6.42 Å². The minimum absolute atomic E-state index is 0.129. The zero-order valence-corrected chi connectivity index (χ0v) is 6.45. The summed E-state index contributed by atoms with van der Waals surface area (Å²) in [4.78, 5) is 20.8. The molecule has 0 bridgehead atoms. The van der Waals surface area contributed by atoms with Gasteiger partial charge in [-0.25, -0.2) is 4.79 Å². The second-order valence-electron chi connectivity index (χ2n) is 2.03. The summed E-state index contributed by atoms with van der Waals surface area (Å²) in [5.41, 5.74) is -0.129. The molecule has 0 fully saturated rings. The second kappa shape index (κ2) is 5.31. The van der Waals surface area contributed by atoms with Crippen LogP contribution in [0.25, 0.3) is 0 Å². The van der Waals surface area contributed by atoms with Crippen LogP contribution < -0.4 is 0 Å². The molecule has 0 rings (SSSR count). The molecule has 0 spiro atoms. The van der Waals surface area contributed by atoms with Gasteiger partial charge >= 0.3 is 11.9 Å². The Morgan fingerprint density at radius 3 is 2.42 bits per heavy atom. The first kappa shape index (κ1) is 10.6. The summed E-state index contributed by atoms with van der Waals surface area (Å²) < 4.78 is 4.40. The van der Waals surface area contributed by atoms with Gasteiger partial charge < -0.3 is 14.9 Å². The maximum Gasteiger partial charge on any atom is 0.334 e. The SMILES string of the molecule is C=C(CC(=O)O)C(=O)OCCO. The first-order valence-electron chi connectivity index (χ1n) is 3.25. The predicted octanol–water partition coefficient (Wildman–Crippen LogP) is -0.447. The van der Waals surface area contributed by atoms with Crippen LogP contribution in [0.5, 0.6) is 0 Å². The molecule has 68 valence electrons. The third kappa shape index (κ3) is 4.45. The van der Waals surface area contributed by atoms with Gasteiger partial charge in [0, 0.05) is 5.57 Å². The van der Waals surface area contributed by atoms with E-state index in [0.29, 0.717) is 0 Å². The number of rotatable bonds is 5. The highest BCUT2D eigenvalue weighted by Gasteiger charge is 2.11. The van der Waals surface area contributed by atoms with Crippen molar-refractivity contribution in [2.24, 2.45) is 0 Å². The molecule has 0 aliphatic carbocycles. The van der Waals surface area contributed by atoms with Crippen LogP contribution in [0.2, 0.25) is 0 Å². The zero-order valence-electron chi connectivity index (χ0n) is 6.45. The molecule has 0 saturated heterocycles. The Morgan fingerprint density at radius 1 is 1.42 bits per heavy atom. The molecule has 0 unspecified atom stereocenters. The normalized spacial score (nSPS) is 9.08. The first-order chi connectivity index (χ1) is 5.57. The highest BCUT2D eigenvalue weighted by molar-refractivity contribution is 5.92. The summed E-state index contributed by atoms with van der Waals surface area (Å²) in [5.74, 6) is -1.92. The Labute approximate surface area is 69.3 Å². The van der Waals surface area contributed by atoms with Gasteiger partial charge in [-0.15, -0.1) is 0 Å². The molecule has 0 amide bonds. The minimum atomic E-state index is -1.14. The lowest BCUT2D eigenvalue weighted by molar-refractivity contribution is -0.143. The monoisotopic (exact) mass is 174 g/mol. The Morgan fingerprint density at radius 2 is 2.00 bits per heavy atom. The van der Waals surface area contributed by atoms with Crippen molar-refractivity contribution < 1.29 is 24.5 Å². The molecule has 0 aromatic heterocycles. The van der Waals surface area contributed by atoms with Crippen molar-refractivity contribution in [3.8, 4) is 0 Å². The molecule has 0 aliphatic heterocycles. The molecular weight excluding hydrogens is 164 g/mol. The number of carbonyl (C=O) groups is 2. The van der Waals surface area contributed by atoms with Crippen molar-refractivity contribution in [1.29, 1.82) is 0 Å². The fourth-order valence-corrected chi connectivity index (χ4v) is 0.495. The van der Waals surface area contributed by atoms with E-state index in [1.165, 1.54) is 0 Å². The average molecular weight is 174 g/mol. The predicted molar refractivity (Wildman–Crippen MR) is 39.4 cm³/mol. The molecule has 2 N–H and O–H groups in total. The van der Waals surface area contributed by atoms with Crippen molar-refractivity contribution >= 4 is 11.9 Å². The molecular formula is C7H10O5. The summed E-state index contributed by atoms with van der Waals surface area (Å²) in [5, 5.41) is 16.5. The van der Waals surface area contributed by atoms with Gasteiger partial charge in [0.05, 0.1) is 13.0 Å². The Hall–Kier alpha value is -1.36. The third-order valence-electron chi connectivity index (χ3n) is 0.978. The van der Waals surface area contributed by atoms with Gasteiger partial charge in [-0.1, -0.05) is 6.58 Å². The average Bonchev–Trinajstić information content (AvgIpc) is 1.98. The molecule has 0 aliphatic rings. The van der Waals surface area contributed by atoms with Gasteiger partial charge in [-0.05, 0) is 0 Å². The number of carbonyl (C=O) groups excluding carboxylic acids is 1. The van der Waals surface area contributed by atoms with Crippen LogP contribution in [0, 0.1) is 0 Å². The Kier molecular flexibility index (Phi) is 4.71. The maximum atomic E-state index is 10.7. The first-order valence-corrected chi connectivity index (χ1v) is 3.25. The van der Waals surface area contributed by atoms with Crippen molar-refractivity contribution in [3.05, 3.63) is 12.2 Å². The van der Waals surface area contributed by atoms with Crippen LogP contribution in [0.4, 0.5) is 0 Å². The lowest BCUT2D eigenvalue weighted by Crippen LogP contribution is -2.12. The number of carboxylic acids is 1. The lowest BCUT2D eigenvalue weighted by Gasteiger charge is -2.02. The molecule has 12 heavy (non-hydrogen) atoms. The van der Waals surface area contributed by atoms with E-state index < -0.39 is 18.4 Å². The third-order valence-corrected chi connectivity index (χ3v) is 0.978. The molecule has 5 heteroatoms. The molecule has 0 aromatic carbocycles. The number of aliphatic hydroxyl groups is 1. The highest BCUT2D eigenvalue weighted by atomic mass is 16.5. The van der Waals surface area contributed by atoms with Crippen LogP contribution in [-0.4, -0.2) is 35.4 Å². The van der Waals surface area contributed by atoms with Gasteiger partial charge in [0.25, 0.3) is 0 Å². The summed E-state index contributed by atoms with van der Waals surface area (Å²) in [7, 11) is 0. The fourth-order valence-electron chi connectivity index (χ4n) is 0.495. The zero-order chi connectivity index (χ0) is 9.56. The van der Waals surface area contributed by atoms with Gasteiger partial charge in [0.1, 0.15) is 6.61 Å². The Bertz CT molecular complexity index is 196. The quantitative estimate of drug-likeness (QED) is 0.435. The van der Waals surface area contributed by atoms with Gasteiger partial charge in [-0.3, -0.25) is 4.79 Å². The number of esters is 1. The van der Waals surface area contributed by atoms with E-state index >= 15 is 0 Å². The van der Waals surface area contributed by atoms with E-state index in [-0.39, 0.29) is 18.8 Å². The highest BCUT2D eigenvalue weighted by Crippen LogP contribution is 2.00. The largest absolute Gasteiger partial charge is 0.481 e. The van der Waals surface area contributed by atoms with Gasteiger partial charge in [0.2, 0.25) is 0 Å². The standard InChI is InChI=1S/C7H10O5/c1-5(4-6(9)10)7(11)12-3-2-8/h8H,1-4H2,(H,9,10). The second-order valence-corrected chi connectivity index (χ2v) is 2.03.